The van der Waals surface area contributed by atoms with E-state index in [1.807, 2.05) is 24.6 Å². The third kappa shape index (κ3) is 4.86. The second kappa shape index (κ2) is 7.09. The first-order valence-electron chi connectivity index (χ1n) is 6.59. The third-order valence-electron chi connectivity index (χ3n) is 3.02. The van der Waals surface area contributed by atoms with E-state index >= 15 is 0 Å². The van der Waals surface area contributed by atoms with E-state index < -0.39 is 11.5 Å². The SMILES string of the molecule is COCC(C)(CC(=O)O)NC(=O)c1cc(Br)cn1C(C)C. The first kappa shape index (κ1) is 17.7. The maximum absolute atomic E-state index is 12.5. The second-order valence-corrected chi connectivity index (χ2v) is 6.48. The van der Waals surface area contributed by atoms with Crippen LogP contribution in [0.25, 0.3) is 0 Å². The van der Waals surface area contributed by atoms with Crippen LogP contribution in [0.15, 0.2) is 16.7 Å². The summed E-state index contributed by atoms with van der Waals surface area (Å²) in [6, 6.07) is 1.83. The van der Waals surface area contributed by atoms with E-state index in [2.05, 4.69) is 21.2 Å². The summed E-state index contributed by atoms with van der Waals surface area (Å²) < 4.78 is 7.66. The average molecular weight is 361 g/mol. The zero-order valence-corrected chi connectivity index (χ0v) is 14.2. The van der Waals surface area contributed by atoms with E-state index in [0.29, 0.717) is 5.69 Å². The number of methoxy groups -OCH3 is 1. The summed E-state index contributed by atoms with van der Waals surface area (Å²) in [5.41, 5.74) is -0.486. The van der Waals surface area contributed by atoms with Crippen molar-refractivity contribution in [3.05, 3.63) is 22.4 Å². The minimum absolute atomic E-state index is 0.116. The molecule has 2 N–H and O–H groups in total. The van der Waals surface area contributed by atoms with Crippen molar-refractivity contribution in [1.29, 1.82) is 0 Å². The third-order valence-corrected chi connectivity index (χ3v) is 3.46. The number of aliphatic carboxylic acids is 1. The van der Waals surface area contributed by atoms with Gasteiger partial charge in [0.25, 0.3) is 5.91 Å². The van der Waals surface area contributed by atoms with Gasteiger partial charge in [-0.3, -0.25) is 9.59 Å². The van der Waals surface area contributed by atoms with Gasteiger partial charge in [0, 0.05) is 23.8 Å². The molecule has 0 saturated heterocycles. The molecule has 6 nitrogen and oxygen atoms in total. The van der Waals surface area contributed by atoms with Gasteiger partial charge in [0.05, 0.1) is 18.6 Å². The molecule has 1 aromatic heterocycles. The smallest absolute Gasteiger partial charge is 0.305 e. The summed E-state index contributed by atoms with van der Waals surface area (Å²) in [6.07, 6.45) is 1.61. The number of carbonyl (C=O) groups excluding carboxylic acids is 1. The number of rotatable bonds is 7. The Morgan fingerprint density at radius 1 is 1.52 bits per heavy atom. The van der Waals surface area contributed by atoms with Crippen molar-refractivity contribution >= 4 is 27.8 Å². The normalized spacial score (nSPS) is 14.0. The van der Waals surface area contributed by atoms with E-state index in [1.54, 1.807) is 13.0 Å². The molecule has 0 aliphatic carbocycles. The summed E-state index contributed by atoms with van der Waals surface area (Å²) in [6.45, 7) is 5.71. The molecule has 1 atom stereocenters. The van der Waals surface area contributed by atoms with Crippen LogP contribution in [-0.4, -0.2) is 40.8 Å². The number of carboxylic acids is 1. The molecule has 0 fully saturated rings. The molecule has 1 rings (SSSR count). The number of carbonyl (C=O) groups is 2. The highest BCUT2D eigenvalue weighted by molar-refractivity contribution is 9.10. The van der Waals surface area contributed by atoms with Crippen molar-refractivity contribution in [2.45, 2.75) is 38.8 Å². The van der Waals surface area contributed by atoms with Gasteiger partial charge in [-0.15, -0.1) is 0 Å². The fourth-order valence-corrected chi connectivity index (χ4v) is 2.61. The van der Waals surface area contributed by atoms with E-state index in [0.717, 1.165) is 4.47 Å². The Morgan fingerprint density at radius 3 is 2.62 bits per heavy atom. The maximum Gasteiger partial charge on any atom is 0.305 e. The number of nitrogens with zero attached hydrogens (tertiary/aromatic N) is 1. The Kier molecular flexibility index (Phi) is 5.98. The maximum atomic E-state index is 12.5. The highest BCUT2D eigenvalue weighted by Crippen LogP contribution is 2.20. The van der Waals surface area contributed by atoms with E-state index in [4.69, 9.17) is 9.84 Å². The second-order valence-electron chi connectivity index (χ2n) is 5.56. The summed E-state index contributed by atoms with van der Waals surface area (Å²) in [4.78, 5) is 23.4. The van der Waals surface area contributed by atoms with Crippen LogP contribution >= 0.6 is 15.9 Å². The standard InChI is InChI=1S/C14H21BrN2O4/c1-9(2)17-7-10(15)5-11(17)13(20)16-14(3,8-21-4)6-12(18)19/h5,7,9H,6,8H2,1-4H3,(H,16,20)(H,18,19). The quantitative estimate of drug-likeness (QED) is 0.782. The van der Waals surface area contributed by atoms with Crippen LogP contribution in [0.2, 0.25) is 0 Å². The van der Waals surface area contributed by atoms with Crippen LogP contribution in [0.5, 0.6) is 0 Å². The number of hydrogen-bond donors (Lipinski definition) is 2. The highest BCUT2D eigenvalue weighted by Gasteiger charge is 2.31. The number of ether oxygens (including phenoxy) is 1. The number of nitrogens with one attached hydrogen (secondary N) is 1. The van der Waals surface area contributed by atoms with E-state index in [1.165, 1.54) is 7.11 Å². The molecule has 0 bridgehead atoms. The summed E-state index contributed by atoms with van der Waals surface area (Å²) in [5, 5.41) is 11.8. The molecule has 0 aromatic carbocycles. The highest BCUT2D eigenvalue weighted by atomic mass is 79.9. The van der Waals surface area contributed by atoms with Crippen molar-refractivity contribution < 1.29 is 19.4 Å². The summed E-state index contributed by atoms with van der Waals surface area (Å²) >= 11 is 3.35. The molecule has 1 aromatic rings. The monoisotopic (exact) mass is 360 g/mol. The van der Waals surface area contributed by atoms with Gasteiger partial charge in [-0.2, -0.15) is 0 Å². The molecule has 7 heteroatoms. The van der Waals surface area contributed by atoms with Crippen LogP contribution < -0.4 is 5.32 Å². The molecule has 0 aliphatic heterocycles. The van der Waals surface area contributed by atoms with Gasteiger partial charge in [-0.25, -0.2) is 0 Å². The molecule has 0 spiro atoms. The number of hydrogen-bond acceptors (Lipinski definition) is 3. The van der Waals surface area contributed by atoms with Crippen LogP contribution in [0.3, 0.4) is 0 Å². The zero-order chi connectivity index (χ0) is 16.2. The number of aromatic nitrogens is 1. The molecule has 1 heterocycles. The van der Waals surface area contributed by atoms with Crippen molar-refractivity contribution in [3.63, 3.8) is 0 Å². The first-order chi connectivity index (χ1) is 9.68. The minimum atomic E-state index is -0.990. The summed E-state index contributed by atoms with van der Waals surface area (Å²) in [7, 11) is 1.47. The van der Waals surface area contributed by atoms with Crippen LogP contribution in [-0.2, 0) is 9.53 Å². The van der Waals surface area contributed by atoms with Gasteiger partial charge in [0.2, 0.25) is 0 Å². The Bertz CT molecular complexity index is 527. The molecule has 21 heavy (non-hydrogen) atoms. The first-order valence-corrected chi connectivity index (χ1v) is 7.38. The number of carboxylic acid groups (broad SMARTS) is 1. The van der Waals surface area contributed by atoms with Gasteiger partial charge in [0.1, 0.15) is 5.69 Å². The topological polar surface area (TPSA) is 80.6 Å². The Balaban J connectivity index is 2.99. The lowest BCUT2D eigenvalue weighted by Crippen LogP contribution is -2.51. The lowest BCUT2D eigenvalue weighted by Gasteiger charge is -2.28. The van der Waals surface area contributed by atoms with Crippen LogP contribution in [0, 0.1) is 0 Å². The van der Waals surface area contributed by atoms with Gasteiger partial charge in [0.15, 0.2) is 0 Å². The van der Waals surface area contributed by atoms with Crippen molar-refractivity contribution in [2.24, 2.45) is 0 Å². The van der Waals surface area contributed by atoms with Crippen LogP contribution in [0.1, 0.15) is 43.7 Å². The number of amides is 1. The van der Waals surface area contributed by atoms with Gasteiger partial charge in [-0.1, -0.05) is 0 Å². The Morgan fingerprint density at radius 2 is 2.14 bits per heavy atom. The van der Waals surface area contributed by atoms with E-state index in [9.17, 15) is 9.59 Å². The van der Waals surface area contributed by atoms with Gasteiger partial charge >= 0.3 is 5.97 Å². The molecule has 1 unspecified atom stereocenters. The van der Waals surface area contributed by atoms with Crippen LogP contribution in [0.4, 0.5) is 0 Å². The lowest BCUT2D eigenvalue weighted by atomic mass is 9.98. The van der Waals surface area contributed by atoms with Gasteiger partial charge in [-0.05, 0) is 42.8 Å². The van der Waals surface area contributed by atoms with Crippen molar-refractivity contribution in [3.8, 4) is 0 Å². The lowest BCUT2D eigenvalue weighted by molar-refractivity contribution is -0.139. The largest absolute Gasteiger partial charge is 0.481 e. The Labute approximate surface area is 132 Å². The summed E-state index contributed by atoms with van der Waals surface area (Å²) in [5.74, 6) is -1.31. The molecular weight excluding hydrogens is 340 g/mol. The van der Waals surface area contributed by atoms with Crippen molar-refractivity contribution in [1.82, 2.24) is 9.88 Å². The molecule has 1 amide bonds. The van der Waals surface area contributed by atoms with Gasteiger partial charge < -0.3 is 19.7 Å². The fourth-order valence-electron chi connectivity index (χ4n) is 2.18. The predicted molar refractivity (Wildman–Crippen MR) is 82.5 cm³/mol. The number of halogens is 1. The van der Waals surface area contributed by atoms with Crippen molar-refractivity contribution in [2.75, 3.05) is 13.7 Å². The predicted octanol–water partition coefficient (Wildman–Crippen LogP) is 2.44. The average Bonchev–Trinajstić information content (AvgIpc) is 2.70. The molecular formula is C14H21BrN2O4. The fraction of sp³-hybridized carbons (Fsp3) is 0.571. The zero-order valence-electron chi connectivity index (χ0n) is 12.6. The Hall–Kier alpha value is -1.34. The molecule has 0 aliphatic rings. The minimum Gasteiger partial charge on any atom is -0.481 e. The molecule has 0 radical (unpaired) electrons. The molecule has 118 valence electrons. The van der Waals surface area contributed by atoms with E-state index in [-0.39, 0.29) is 25.0 Å². The molecule has 0 saturated carbocycles.